The van der Waals surface area contributed by atoms with E-state index in [0.717, 1.165) is 6.16 Å². The molecule has 0 saturated heterocycles. The van der Waals surface area contributed by atoms with Gasteiger partial charge in [0.25, 0.3) is 0 Å². The molecule has 0 nitrogen and oxygen atoms in total. The number of hydrogen-bond donors (Lipinski definition) is 0. The molecule has 25 heavy (non-hydrogen) atoms. The summed E-state index contributed by atoms with van der Waals surface area (Å²) in [6.45, 7) is 4.35. The molecule has 3 aromatic carbocycles. The summed E-state index contributed by atoms with van der Waals surface area (Å²) < 4.78 is 0. The van der Waals surface area contributed by atoms with Crippen LogP contribution in [0.4, 0.5) is 0 Å². The molecule has 0 spiro atoms. The van der Waals surface area contributed by atoms with Crippen LogP contribution in [0.15, 0.2) is 103 Å². The maximum atomic E-state index is 4.43. The van der Waals surface area contributed by atoms with Gasteiger partial charge in [-0.15, -0.1) is 0 Å². The number of halogens is 1. The average molecular weight is 411 g/mol. The third-order valence-corrected chi connectivity index (χ3v) is 14.3. The van der Waals surface area contributed by atoms with Gasteiger partial charge in [0.1, 0.15) is 0 Å². The summed E-state index contributed by atoms with van der Waals surface area (Å²) in [6.07, 6.45) is 3.34. The van der Waals surface area contributed by atoms with Crippen LogP contribution >= 0.6 is 20.8 Å². The van der Waals surface area contributed by atoms with Gasteiger partial charge in [-0.2, -0.15) is 0 Å². The number of rotatable bonds is 5. The molecule has 0 aliphatic rings. The third kappa shape index (κ3) is 3.24. The summed E-state index contributed by atoms with van der Waals surface area (Å²) in [5, 5.41) is 1.33. The molecule has 0 aliphatic carbocycles. The second kappa shape index (κ2) is 7.28. The van der Waals surface area contributed by atoms with Crippen molar-refractivity contribution in [3.05, 3.63) is 103 Å². The maximum absolute atomic E-state index is 4.43. The Morgan fingerprint density at radius 3 is 1.28 bits per heavy atom. The Kier molecular flexibility index (Phi) is 5.27. The van der Waals surface area contributed by atoms with Crippen molar-refractivity contribution in [3.8, 4) is 0 Å². The molecular weight excluding hydrogens is 387 g/mol. The first-order valence-electron chi connectivity index (χ1n) is 8.59. The first-order valence-corrected chi connectivity index (χ1v) is 13.0. The van der Waals surface area contributed by atoms with Crippen LogP contribution in [0.1, 0.15) is 13.8 Å². The van der Waals surface area contributed by atoms with Gasteiger partial charge in [-0.25, -0.2) is 0 Å². The number of allylic oxidation sites excluding steroid dienone is 2. The van der Waals surface area contributed by atoms with Crippen LogP contribution in [0.5, 0.6) is 0 Å². The fraction of sp³-hybridized carbons (Fsp3) is 0.130. The van der Waals surface area contributed by atoms with Crippen molar-refractivity contribution in [2.24, 2.45) is 0 Å². The molecule has 0 N–H and O–H groups in total. The first kappa shape index (κ1) is 18.1. The Hall–Kier alpha value is -1.69. The second-order valence-corrected chi connectivity index (χ2v) is 15.6. The Balaban J connectivity index is 2.42. The molecule has 0 fully saturated rings. The standard InChI is InChI=1S/C23H24BrP/c1-20(2)18-19-25(24,21-12-6-3-7-13-21,22-14-8-4-9-15-22)23-16-10-5-11-17-23/h3-18H,19H2,1-2H3. The third-order valence-electron chi connectivity index (χ3n) is 4.73. The number of hydrogen-bond acceptors (Lipinski definition) is 0. The van der Waals surface area contributed by atoms with Gasteiger partial charge in [0.2, 0.25) is 0 Å². The van der Waals surface area contributed by atoms with E-state index in [4.69, 9.17) is 0 Å². The van der Waals surface area contributed by atoms with Gasteiger partial charge in [-0.1, -0.05) is 0 Å². The molecular formula is C23H24BrP. The summed E-state index contributed by atoms with van der Waals surface area (Å²) >= 11 is 4.43. The van der Waals surface area contributed by atoms with Gasteiger partial charge >= 0.3 is 159 Å². The first-order chi connectivity index (χ1) is 12.1. The Morgan fingerprint density at radius 2 is 1.00 bits per heavy atom. The van der Waals surface area contributed by atoms with E-state index in [9.17, 15) is 0 Å². The summed E-state index contributed by atoms with van der Waals surface area (Å²) in [4.78, 5) is 0. The summed E-state index contributed by atoms with van der Waals surface area (Å²) in [7, 11) is 0. The van der Waals surface area contributed by atoms with Gasteiger partial charge < -0.3 is 0 Å². The van der Waals surface area contributed by atoms with E-state index in [1.54, 1.807) is 0 Å². The van der Waals surface area contributed by atoms with E-state index in [-0.39, 0.29) is 0 Å². The molecule has 0 aliphatic heterocycles. The molecule has 0 radical (unpaired) electrons. The van der Waals surface area contributed by atoms with E-state index >= 15 is 0 Å². The van der Waals surface area contributed by atoms with Crippen LogP contribution in [0.2, 0.25) is 0 Å². The molecule has 0 amide bonds. The van der Waals surface area contributed by atoms with Gasteiger partial charge in [0, 0.05) is 0 Å². The summed E-state index contributed by atoms with van der Waals surface area (Å²) in [6, 6.07) is 32.8. The van der Waals surface area contributed by atoms with Crippen molar-refractivity contribution in [3.63, 3.8) is 0 Å². The molecule has 2 heteroatoms. The average Bonchev–Trinajstić information content (AvgIpc) is 2.68. The van der Waals surface area contributed by atoms with Gasteiger partial charge in [0.05, 0.1) is 0 Å². The van der Waals surface area contributed by atoms with Crippen LogP contribution in [-0.2, 0) is 0 Å². The normalized spacial score (nSPS) is 12.8. The van der Waals surface area contributed by atoms with E-state index in [1.165, 1.54) is 21.5 Å². The predicted octanol–water partition coefficient (Wildman–Crippen LogP) is 5.79. The van der Waals surface area contributed by atoms with Crippen LogP contribution in [-0.4, -0.2) is 6.16 Å². The van der Waals surface area contributed by atoms with Crippen LogP contribution < -0.4 is 15.9 Å². The molecule has 0 unspecified atom stereocenters. The molecule has 0 saturated carbocycles. The van der Waals surface area contributed by atoms with Crippen LogP contribution in [0.25, 0.3) is 0 Å². The van der Waals surface area contributed by atoms with Crippen molar-refractivity contribution in [2.45, 2.75) is 13.8 Å². The quantitative estimate of drug-likeness (QED) is 0.368. The molecule has 0 aromatic heterocycles. The van der Waals surface area contributed by atoms with Crippen molar-refractivity contribution in [1.82, 2.24) is 0 Å². The summed E-state index contributed by atoms with van der Waals surface area (Å²) in [5.74, 6) is 0. The second-order valence-electron chi connectivity index (χ2n) is 6.65. The summed E-state index contributed by atoms with van der Waals surface area (Å²) in [5.41, 5.74) is 1.34. The van der Waals surface area contributed by atoms with Crippen LogP contribution in [0, 0.1) is 0 Å². The van der Waals surface area contributed by atoms with E-state index in [0.29, 0.717) is 0 Å². The zero-order valence-electron chi connectivity index (χ0n) is 14.8. The van der Waals surface area contributed by atoms with E-state index in [2.05, 4.69) is 126 Å². The molecule has 0 atom stereocenters. The Morgan fingerprint density at radius 1 is 0.680 bits per heavy atom. The Bertz CT molecular complexity index is 751. The van der Waals surface area contributed by atoms with Gasteiger partial charge in [0.15, 0.2) is 0 Å². The van der Waals surface area contributed by atoms with E-state index in [1.807, 2.05) is 0 Å². The van der Waals surface area contributed by atoms with E-state index < -0.39 is 5.31 Å². The SMILES string of the molecule is CC(C)=CCP(Br)(c1ccccc1)(c1ccccc1)c1ccccc1. The van der Waals surface area contributed by atoms with Crippen molar-refractivity contribution >= 4 is 36.7 Å². The van der Waals surface area contributed by atoms with Crippen molar-refractivity contribution in [2.75, 3.05) is 6.16 Å². The van der Waals surface area contributed by atoms with Crippen LogP contribution in [0.3, 0.4) is 0 Å². The van der Waals surface area contributed by atoms with Gasteiger partial charge in [-0.3, -0.25) is 0 Å². The fourth-order valence-corrected chi connectivity index (χ4v) is 10.5. The van der Waals surface area contributed by atoms with Gasteiger partial charge in [-0.05, 0) is 0 Å². The Labute approximate surface area is 159 Å². The zero-order chi connectivity index (χ0) is 17.8. The molecule has 0 heterocycles. The minimum atomic E-state index is -2.76. The topological polar surface area (TPSA) is 0 Å². The molecule has 128 valence electrons. The monoisotopic (exact) mass is 410 g/mol. The fourth-order valence-electron chi connectivity index (χ4n) is 3.33. The minimum absolute atomic E-state index is 0.964. The molecule has 3 aromatic rings. The van der Waals surface area contributed by atoms with Crippen molar-refractivity contribution < 1.29 is 0 Å². The molecule has 3 rings (SSSR count). The van der Waals surface area contributed by atoms with Crippen molar-refractivity contribution in [1.29, 1.82) is 0 Å². The predicted molar refractivity (Wildman–Crippen MR) is 118 cm³/mol. The zero-order valence-corrected chi connectivity index (χ0v) is 17.3. The number of benzene rings is 3. The molecule has 0 bridgehead atoms.